The van der Waals surface area contributed by atoms with Crippen LogP contribution in [0.5, 0.6) is 0 Å². The number of carbonyl (C=O) groups is 3. The summed E-state index contributed by atoms with van der Waals surface area (Å²) in [6.07, 6.45) is 18.5. The van der Waals surface area contributed by atoms with E-state index in [-0.39, 0.29) is 0 Å². The summed E-state index contributed by atoms with van der Waals surface area (Å²) in [5.74, 6) is -3.76. The maximum atomic E-state index is 13.2. The average Bonchev–Trinajstić information content (AvgIpc) is 0.784. The van der Waals surface area contributed by atoms with Crippen LogP contribution in [0.3, 0.4) is 0 Å². The molecule has 3 rings (SSSR count). The Bertz CT molecular complexity index is 3140. The van der Waals surface area contributed by atoms with E-state index in [4.69, 9.17) is 32.7 Å². The second-order valence-electron chi connectivity index (χ2n) is 28.4. The van der Waals surface area contributed by atoms with Gasteiger partial charge in [0.25, 0.3) is 15.6 Å². The van der Waals surface area contributed by atoms with Gasteiger partial charge < -0.3 is 94.3 Å². The number of hydrogen-bond donors (Lipinski definition) is 9. The van der Waals surface area contributed by atoms with E-state index in [1.54, 1.807) is 6.92 Å². The van der Waals surface area contributed by atoms with Gasteiger partial charge in [0.15, 0.2) is 18.9 Å². The average molecular weight is 1510 g/mol. The Morgan fingerprint density at radius 1 is 0.413 bits per heavy atom. The van der Waals surface area contributed by atoms with Crippen molar-refractivity contribution in [2.75, 3.05) is 19.8 Å². The number of carbonyl (C=O) groups excluding carboxylic acids is 3. The van der Waals surface area contributed by atoms with E-state index in [0.717, 1.165) is 135 Å². The van der Waals surface area contributed by atoms with Gasteiger partial charge in [-0.15, -0.1) is 0 Å². The van der Waals surface area contributed by atoms with E-state index >= 15 is 0 Å². The van der Waals surface area contributed by atoms with Crippen LogP contribution in [0.15, 0.2) is 128 Å². The van der Waals surface area contributed by atoms with Crippen molar-refractivity contribution in [1.82, 2.24) is 10.6 Å². The molecule has 0 spiro atoms. The van der Waals surface area contributed by atoms with Crippen molar-refractivity contribution in [2.45, 2.75) is 317 Å². The number of carboxylic acids is 1. The lowest BCUT2D eigenvalue weighted by Gasteiger charge is -2.48. The summed E-state index contributed by atoms with van der Waals surface area (Å²) in [6, 6.07) is -3.62. The van der Waals surface area contributed by atoms with Crippen LogP contribution >= 0.6 is 15.6 Å². The molecule has 25 nitrogen and oxygen atoms in total. The molecule has 3 aliphatic rings. The molecule has 0 aromatic rings. The van der Waals surface area contributed by atoms with Gasteiger partial charge in [-0.2, -0.15) is 0 Å². The summed E-state index contributed by atoms with van der Waals surface area (Å²) in [7, 11) is -11.8. The zero-order valence-electron chi connectivity index (χ0n) is 63.8. The molecule has 17 atom stereocenters. The standard InChI is InChI=1S/C77H126N2O23P2/c1-49(2)25-15-26-50(3)27-16-28-51(4)29-17-30-52(5)31-18-32-53(6)33-19-34-54(7)35-20-36-55(8)37-21-38-56(9)39-22-40-57(10)41-23-42-58(11)43-24-44-59(12)45-46-96-103(91,92)102-104(93,94)101-76-64(78-60(13)81)68(85)66(83)63(98-76)48-95-75-65(79-61(14)82)72(67(84)62(47-80)97-75)99-77-71(88)69(86)70(87)73(100-77)74(89)90/h25,27,29,31,33,35,37,39,41,43,45,62-73,75-77,80,83-88H,15-24,26,28,30,32,34,36,38,40,42,44,46-48H2,1-14H3,(H,78,81)(H,79,82)(H,89,90)(H,91,92)(H,93,94)/p-3/b50-27+,51-29+,52-31-,53-33-,54-35-,55-37-,56-39-,57-41-,58-43-,59-45-/t62-,63-,64-,65-,66+,67+,68-,69+,70+,71-,72-,73+,75+,76-,77-/m1/s1. The van der Waals surface area contributed by atoms with E-state index in [9.17, 15) is 74.2 Å². The number of phosphoric ester groups is 2. The van der Waals surface area contributed by atoms with Gasteiger partial charge in [-0.1, -0.05) is 128 Å². The first-order valence-electron chi connectivity index (χ1n) is 36.5. The minimum Gasteiger partial charge on any atom is -0.756 e. The molecule has 0 saturated carbocycles. The second-order valence-corrected chi connectivity index (χ2v) is 31.3. The molecule has 0 aromatic heterocycles. The van der Waals surface area contributed by atoms with Gasteiger partial charge in [0, 0.05) is 13.8 Å². The van der Waals surface area contributed by atoms with Gasteiger partial charge in [0.2, 0.25) is 11.8 Å². The number of rotatable bonds is 46. The van der Waals surface area contributed by atoms with Crippen molar-refractivity contribution < 1.29 is 111 Å². The normalized spacial score (nSPS) is 28.0. The number of phosphoric acid groups is 2. The lowest BCUT2D eigenvalue weighted by Crippen LogP contribution is -2.69. The fourth-order valence-corrected chi connectivity index (χ4v) is 13.9. The number of allylic oxidation sites excluding steroid dienone is 21. The number of aliphatic hydroxyl groups excluding tert-OH is 7. The predicted octanol–water partition coefficient (Wildman–Crippen LogP) is 9.70. The zero-order chi connectivity index (χ0) is 77.9. The maximum absolute atomic E-state index is 13.2. The summed E-state index contributed by atoms with van der Waals surface area (Å²) < 4.78 is 67.8. The number of hydrogen-bond acceptors (Lipinski definition) is 23. The quantitative estimate of drug-likeness (QED) is 0.0202. The lowest BCUT2D eigenvalue weighted by atomic mass is 9.95. The van der Waals surface area contributed by atoms with Gasteiger partial charge in [0.1, 0.15) is 73.1 Å². The molecule has 3 saturated heterocycles. The van der Waals surface area contributed by atoms with Crippen LogP contribution in [0.2, 0.25) is 0 Å². The summed E-state index contributed by atoms with van der Waals surface area (Å²) >= 11 is 0. The van der Waals surface area contributed by atoms with E-state index in [1.807, 2.05) is 6.92 Å². The molecule has 592 valence electrons. The predicted molar refractivity (Wildman–Crippen MR) is 393 cm³/mol. The Hall–Kier alpha value is -4.67. The zero-order valence-corrected chi connectivity index (χ0v) is 65.6. The second kappa shape index (κ2) is 48.7. The maximum Gasteiger partial charge on any atom is 0.276 e. The van der Waals surface area contributed by atoms with Crippen LogP contribution in [0.4, 0.5) is 0 Å². The monoisotopic (exact) mass is 1510 g/mol. The highest BCUT2D eigenvalue weighted by molar-refractivity contribution is 7.59. The van der Waals surface area contributed by atoms with Crippen molar-refractivity contribution >= 4 is 33.4 Å². The first-order chi connectivity index (χ1) is 48.9. The third kappa shape index (κ3) is 37.0. The Balaban J connectivity index is 1.40. The summed E-state index contributed by atoms with van der Waals surface area (Å²) in [5, 5.41) is 90.7. The van der Waals surface area contributed by atoms with E-state index in [2.05, 4.69) is 145 Å². The first kappa shape index (κ1) is 93.5. The van der Waals surface area contributed by atoms with Crippen molar-refractivity contribution in [3.8, 4) is 0 Å². The lowest BCUT2D eigenvalue weighted by molar-refractivity contribution is -0.365. The molecule has 0 aliphatic carbocycles. The van der Waals surface area contributed by atoms with Gasteiger partial charge >= 0.3 is 0 Å². The fourth-order valence-electron chi connectivity index (χ4n) is 11.9. The number of aliphatic carboxylic acids is 1. The van der Waals surface area contributed by atoms with Crippen LogP contribution in [0.25, 0.3) is 0 Å². The minimum absolute atomic E-state index is 0.527. The number of carboxylic acid groups (broad SMARTS) is 1. The van der Waals surface area contributed by atoms with Gasteiger partial charge in [-0.25, -0.2) is 4.31 Å². The third-order valence-corrected chi connectivity index (χ3v) is 20.8. The van der Waals surface area contributed by atoms with Crippen LogP contribution in [-0.4, -0.2) is 165 Å². The summed E-state index contributed by atoms with van der Waals surface area (Å²) in [5.41, 5.74) is 14.9. The highest BCUT2D eigenvalue weighted by Crippen LogP contribution is 2.57. The molecule has 27 heteroatoms. The van der Waals surface area contributed by atoms with E-state index < -0.39 is 145 Å². The van der Waals surface area contributed by atoms with Gasteiger partial charge in [0.05, 0.1) is 25.8 Å². The Morgan fingerprint density at radius 3 is 1.12 bits per heavy atom. The molecule has 0 bridgehead atoms. The molecule has 0 aromatic carbocycles. The molecule has 2 amide bonds. The molecular weight excluding hydrogens is 1380 g/mol. The number of ether oxygens (including phenoxy) is 5. The number of amides is 2. The first-order valence-corrected chi connectivity index (χ1v) is 39.4. The Kier molecular flexibility index (Phi) is 43.8. The molecule has 104 heavy (non-hydrogen) atoms. The largest absolute Gasteiger partial charge is 0.756 e. The van der Waals surface area contributed by atoms with Crippen molar-refractivity contribution in [1.29, 1.82) is 0 Å². The van der Waals surface area contributed by atoms with Crippen LogP contribution in [0.1, 0.15) is 225 Å². The molecule has 9 N–H and O–H groups in total. The smallest absolute Gasteiger partial charge is 0.276 e. The SMILES string of the molecule is CC(=O)N[C@H]1[C@@H](OP(=O)([O-])OP(=O)([O-])OC/C=C(/C)CC/C=C(/C)CC/C=C(/C)CC/C=C(/C)CC/C=C(/C)CC/C=C(/C)CC/C=C(/C)CC/C=C(/C)CC/C=C(\C)CC/C=C(\C)CCC=C(C)C)O[C@H](CO[C@H]2O[C@H](CO)[C@H](O)[C@H](O[C@@H]3O[C@H](C(=O)[O-])[C@@H](O)[C@H](O)[C@H]3O)[C@H]2NC(C)=O)[C@H](O)[C@@H]1O. The highest BCUT2D eigenvalue weighted by atomic mass is 31.3. The van der Waals surface area contributed by atoms with Crippen LogP contribution < -0.4 is 25.5 Å². The summed E-state index contributed by atoms with van der Waals surface area (Å²) in [6.45, 7) is 25.4. The van der Waals surface area contributed by atoms with Gasteiger partial charge in [-0.05, 0) is 212 Å². The Morgan fingerprint density at radius 2 is 0.769 bits per heavy atom. The fraction of sp³-hybridized carbons (Fsp3) is 0.675. The summed E-state index contributed by atoms with van der Waals surface area (Å²) in [4.78, 5) is 62.3. The van der Waals surface area contributed by atoms with Gasteiger partial charge in [-0.3, -0.25) is 23.2 Å². The molecule has 3 aliphatic heterocycles. The highest BCUT2D eigenvalue weighted by Gasteiger charge is 2.53. The van der Waals surface area contributed by atoms with Crippen molar-refractivity contribution in [3.05, 3.63) is 128 Å². The molecule has 2 unspecified atom stereocenters. The van der Waals surface area contributed by atoms with Crippen LogP contribution in [-0.2, 0) is 60.6 Å². The Labute approximate surface area is 617 Å². The number of aliphatic hydroxyl groups is 7. The third-order valence-electron chi connectivity index (χ3n) is 18.3. The molecule has 3 heterocycles. The van der Waals surface area contributed by atoms with Crippen molar-refractivity contribution in [3.63, 3.8) is 0 Å². The van der Waals surface area contributed by atoms with Crippen molar-refractivity contribution in [2.24, 2.45) is 0 Å². The number of nitrogens with one attached hydrogen (secondary N) is 2. The molecule has 3 fully saturated rings. The minimum atomic E-state index is -6.07. The molecule has 0 radical (unpaired) electrons. The topological polar surface area (TPSA) is 394 Å². The molecular formula is C77H123N2O23P2-3. The van der Waals surface area contributed by atoms with E-state index in [1.165, 1.54) is 61.8 Å². The van der Waals surface area contributed by atoms with E-state index in [0.29, 0.717) is 12.8 Å². The van der Waals surface area contributed by atoms with Crippen LogP contribution in [0, 0.1) is 0 Å².